The monoisotopic (exact) mass is 506 g/mol. The van der Waals surface area contributed by atoms with E-state index < -0.39 is 23.6 Å². The number of nitrogens with one attached hydrogen (secondary N) is 1. The van der Waals surface area contributed by atoms with Gasteiger partial charge in [0.2, 0.25) is 0 Å². The number of hydrogen-bond donors (Lipinski definition) is 1. The first-order valence-electron chi connectivity index (χ1n) is 10.9. The number of carbonyl (C=O) groups excluding carboxylic acids is 2. The van der Waals surface area contributed by atoms with Crippen LogP contribution in [-0.4, -0.2) is 32.1 Å². The number of rotatable bonds is 6. The number of imide groups is 1. The first kappa shape index (κ1) is 23.1. The maximum Gasteiger partial charge on any atom is 0.418 e. The summed E-state index contributed by atoms with van der Waals surface area (Å²) in [5.41, 5.74) is 0.504. The second kappa shape index (κ2) is 9.17. The molecule has 1 aliphatic heterocycles. The van der Waals surface area contributed by atoms with E-state index in [1.807, 2.05) is 60.7 Å². The highest BCUT2D eigenvalue weighted by Crippen LogP contribution is 2.40. The highest BCUT2D eigenvalue weighted by Gasteiger charge is 2.58. The van der Waals surface area contributed by atoms with Crippen molar-refractivity contribution in [3.05, 3.63) is 106 Å². The average molecular weight is 507 g/mol. The molecule has 3 aromatic carbocycles. The van der Waals surface area contributed by atoms with Crippen LogP contribution < -0.4 is 0 Å². The molecule has 0 aliphatic carbocycles. The lowest BCUT2D eigenvalue weighted by molar-refractivity contribution is -0.139. The van der Waals surface area contributed by atoms with E-state index >= 15 is 0 Å². The summed E-state index contributed by atoms with van der Waals surface area (Å²) in [4.78, 5) is 32.8. The molecule has 1 aliphatic rings. The molecule has 9 heteroatoms. The molecule has 1 N–H and O–H groups in total. The second-order valence-corrected chi connectivity index (χ2v) is 9.07. The molecule has 176 valence electrons. The Hall–Kier alpha value is -3.68. The van der Waals surface area contributed by atoms with Gasteiger partial charge in [-0.3, -0.25) is 9.89 Å². The Morgan fingerprint density at radius 3 is 2.34 bits per heavy atom. The Labute approximate surface area is 211 Å². The molecule has 0 saturated carbocycles. The molecular formula is C26H20Cl2N4O3. The standard InChI is InChI=1S/C26H20Cl2N4O3/c1-16(18-10-6-3-7-11-18)32-24(33)26(35-25(32)34,15-17-8-4-2-5-9-17)23-29-22(30-31-23)19-12-13-20(27)21(28)14-19/h2-14,16H,15H2,1H3,(H,29,30,31)/t16-,26-/m1/s1. The molecule has 0 unspecified atom stereocenters. The highest BCUT2D eigenvalue weighted by molar-refractivity contribution is 6.42. The van der Waals surface area contributed by atoms with Crippen molar-refractivity contribution in [2.24, 2.45) is 0 Å². The third-order valence-electron chi connectivity index (χ3n) is 6.03. The van der Waals surface area contributed by atoms with E-state index in [9.17, 15) is 9.59 Å². The van der Waals surface area contributed by atoms with E-state index in [1.165, 1.54) is 0 Å². The lowest BCUT2D eigenvalue weighted by Gasteiger charge is -2.24. The maximum atomic E-state index is 14.0. The van der Waals surface area contributed by atoms with Crippen molar-refractivity contribution in [2.75, 3.05) is 0 Å². The molecule has 35 heavy (non-hydrogen) atoms. The molecule has 5 rings (SSSR count). The summed E-state index contributed by atoms with van der Waals surface area (Å²) in [7, 11) is 0. The Bertz CT molecular complexity index is 1390. The fourth-order valence-electron chi connectivity index (χ4n) is 4.17. The van der Waals surface area contributed by atoms with Crippen molar-refractivity contribution in [1.29, 1.82) is 0 Å². The molecule has 1 aromatic heterocycles. The van der Waals surface area contributed by atoms with Crippen LogP contribution in [0.4, 0.5) is 4.79 Å². The fraction of sp³-hybridized carbons (Fsp3) is 0.154. The minimum Gasteiger partial charge on any atom is -0.424 e. The third-order valence-corrected chi connectivity index (χ3v) is 6.77. The van der Waals surface area contributed by atoms with E-state index in [-0.39, 0.29) is 12.2 Å². The number of aromatic nitrogens is 3. The van der Waals surface area contributed by atoms with Crippen LogP contribution in [0.15, 0.2) is 78.9 Å². The molecule has 2 amide bonds. The van der Waals surface area contributed by atoms with Crippen LogP contribution in [0, 0.1) is 0 Å². The predicted octanol–water partition coefficient (Wildman–Crippen LogP) is 5.96. The molecule has 2 heterocycles. The highest BCUT2D eigenvalue weighted by atomic mass is 35.5. The number of carbonyl (C=O) groups is 2. The van der Waals surface area contributed by atoms with Gasteiger partial charge in [0.1, 0.15) is 0 Å². The van der Waals surface area contributed by atoms with Crippen LogP contribution in [0.2, 0.25) is 10.0 Å². The van der Waals surface area contributed by atoms with Gasteiger partial charge in [-0.2, -0.15) is 5.10 Å². The lowest BCUT2D eigenvalue weighted by Crippen LogP contribution is -2.42. The van der Waals surface area contributed by atoms with Gasteiger partial charge >= 0.3 is 6.09 Å². The molecular weight excluding hydrogens is 487 g/mol. The van der Waals surface area contributed by atoms with Gasteiger partial charge in [0.15, 0.2) is 11.6 Å². The molecule has 0 spiro atoms. The zero-order valence-corrected chi connectivity index (χ0v) is 20.1. The zero-order chi connectivity index (χ0) is 24.6. The predicted molar refractivity (Wildman–Crippen MR) is 132 cm³/mol. The molecule has 2 atom stereocenters. The van der Waals surface area contributed by atoms with Crippen molar-refractivity contribution < 1.29 is 14.3 Å². The Kier molecular flexibility index (Phi) is 6.05. The van der Waals surface area contributed by atoms with Crippen LogP contribution in [0.1, 0.15) is 29.9 Å². The zero-order valence-electron chi connectivity index (χ0n) is 18.6. The van der Waals surface area contributed by atoms with Gasteiger partial charge in [-0.25, -0.2) is 14.7 Å². The van der Waals surface area contributed by atoms with E-state index in [0.717, 1.165) is 16.0 Å². The van der Waals surface area contributed by atoms with Gasteiger partial charge in [-0.05, 0) is 36.2 Å². The van der Waals surface area contributed by atoms with E-state index in [0.29, 0.717) is 21.4 Å². The van der Waals surface area contributed by atoms with Gasteiger partial charge < -0.3 is 4.74 Å². The van der Waals surface area contributed by atoms with Crippen molar-refractivity contribution in [3.63, 3.8) is 0 Å². The number of aromatic amines is 1. The summed E-state index contributed by atoms with van der Waals surface area (Å²) in [5.74, 6) is -0.0903. The summed E-state index contributed by atoms with van der Waals surface area (Å²) in [6, 6.07) is 23.1. The van der Waals surface area contributed by atoms with Gasteiger partial charge in [-0.1, -0.05) is 83.9 Å². The van der Waals surface area contributed by atoms with Crippen molar-refractivity contribution in [2.45, 2.75) is 25.0 Å². The van der Waals surface area contributed by atoms with E-state index in [1.54, 1.807) is 25.1 Å². The molecule has 0 radical (unpaired) electrons. The van der Waals surface area contributed by atoms with E-state index in [4.69, 9.17) is 27.9 Å². The second-order valence-electron chi connectivity index (χ2n) is 8.26. The number of amides is 2. The summed E-state index contributed by atoms with van der Waals surface area (Å²) in [5, 5.41) is 7.85. The van der Waals surface area contributed by atoms with Gasteiger partial charge in [0.05, 0.1) is 16.1 Å². The summed E-state index contributed by atoms with van der Waals surface area (Å²) in [6.45, 7) is 1.79. The van der Waals surface area contributed by atoms with Crippen molar-refractivity contribution in [3.8, 4) is 11.4 Å². The lowest BCUT2D eigenvalue weighted by atomic mass is 9.92. The van der Waals surface area contributed by atoms with Crippen LogP contribution in [0.3, 0.4) is 0 Å². The number of cyclic esters (lactones) is 1. The molecule has 4 aromatic rings. The number of H-pyrrole nitrogens is 1. The van der Waals surface area contributed by atoms with Crippen LogP contribution in [-0.2, 0) is 21.6 Å². The number of halogens is 2. The Morgan fingerprint density at radius 1 is 0.971 bits per heavy atom. The largest absolute Gasteiger partial charge is 0.424 e. The third kappa shape index (κ3) is 4.17. The van der Waals surface area contributed by atoms with Gasteiger partial charge in [0.25, 0.3) is 11.5 Å². The topological polar surface area (TPSA) is 88.2 Å². The normalized spacial score (nSPS) is 18.5. The maximum absolute atomic E-state index is 14.0. The molecule has 1 fully saturated rings. The Balaban J connectivity index is 1.58. The summed E-state index contributed by atoms with van der Waals surface area (Å²) in [6.07, 6.45) is -0.651. The summed E-state index contributed by atoms with van der Waals surface area (Å²) < 4.78 is 5.86. The number of benzene rings is 3. The first-order valence-corrected chi connectivity index (χ1v) is 11.7. The number of nitrogens with zero attached hydrogens (tertiary/aromatic N) is 3. The average Bonchev–Trinajstić information content (AvgIpc) is 3.46. The van der Waals surface area contributed by atoms with Crippen LogP contribution in [0.25, 0.3) is 11.4 Å². The van der Waals surface area contributed by atoms with Crippen LogP contribution >= 0.6 is 23.2 Å². The van der Waals surface area contributed by atoms with Crippen molar-refractivity contribution >= 4 is 35.2 Å². The van der Waals surface area contributed by atoms with Gasteiger partial charge in [0, 0.05) is 12.0 Å². The Morgan fingerprint density at radius 2 is 1.66 bits per heavy atom. The summed E-state index contributed by atoms with van der Waals surface area (Å²) >= 11 is 12.2. The number of hydrogen-bond acceptors (Lipinski definition) is 5. The van der Waals surface area contributed by atoms with Crippen molar-refractivity contribution in [1.82, 2.24) is 20.1 Å². The minimum atomic E-state index is -1.71. The quantitative estimate of drug-likeness (QED) is 0.348. The minimum absolute atomic E-state index is 0.0897. The van der Waals surface area contributed by atoms with E-state index in [2.05, 4.69) is 15.2 Å². The molecule has 0 bridgehead atoms. The first-order chi connectivity index (χ1) is 16.9. The van der Waals surface area contributed by atoms with Gasteiger partial charge in [-0.15, -0.1) is 0 Å². The number of ether oxygens (including phenoxy) is 1. The fourth-order valence-corrected chi connectivity index (χ4v) is 4.47. The smallest absolute Gasteiger partial charge is 0.418 e. The molecule has 7 nitrogen and oxygen atoms in total. The SMILES string of the molecule is C[C@H](c1ccccc1)N1C(=O)O[C@](Cc2ccccc2)(c2nc(-c3ccc(Cl)c(Cl)c3)n[nH]2)C1=O. The van der Waals surface area contributed by atoms with Crippen LogP contribution in [0.5, 0.6) is 0 Å². The molecule has 1 saturated heterocycles.